The number of benzene rings is 1. The van der Waals surface area contributed by atoms with Crippen LogP contribution in [0.4, 0.5) is 5.69 Å². The number of rotatable bonds is 3. The van der Waals surface area contributed by atoms with Gasteiger partial charge in [0.15, 0.2) is 0 Å². The Hall–Kier alpha value is -1.49. The summed E-state index contributed by atoms with van der Waals surface area (Å²) in [4.78, 5) is 0. The molecule has 1 aliphatic rings. The van der Waals surface area contributed by atoms with Crippen molar-refractivity contribution in [2.24, 2.45) is 0 Å². The van der Waals surface area contributed by atoms with E-state index in [9.17, 15) is 8.42 Å². The van der Waals surface area contributed by atoms with Gasteiger partial charge in [-0.25, -0.2) is 8.42 Å². The number of anilines is 1. The topological polar surface area (TPSA) is 46.6 Å². The molecule has 0 aliphatic carbocycles. The number of fused-ring (bicyclic) bond motifs is 1. The fourth-order valence-electron chi connectivity index (χ4n) is 2.23. The van der Waals surface area contributed by atoms with Crippen LogP contribution in [-0.4, -0.2) is 27.3 Å². The van der Waals surface area contributed by atoms with Gasteiger partial charge in [0.1, 0.15) is 5.76 Å². The van der Waals surface area contributed by atoms with Gasteiger partial charge < -0.3 is 4.74 Å². The van der Waals surface area contributed by atoms with E-state index in [0.29, 0.717) is 12.3 Å². The Labute approximate surface area is 108 Å². The number of para-hydroxylation sites is 1. The normalized spacial score (nSPS) is 19.2. The lowest BCUT2D eigenvalue weighted by molar-refractivity contribution is 0.296. The summed E-state index contributed by atoms with van der Waals surface area (Å²) in [5, 5.41) is 0. The SMILES string of the molecule is CCOC1=CC(C)N(S(C)(=O)=O)c2ccccc21. The molecule has 1 heterocycles. The van der Waals surface area contributed by atoms with E-state index in [-0.39, 0.29) is 6.04 Å². The van der Waals surface area contributed by atoms with Crippen LogP contribution in [0.15, 0.2) is 30.3 Å². The van der Waals surface area contributed by atoms with Gasteiger partial charge in [0, 0.05) is 5.56 Å². The molecule has 0 saturated carbocycles. The first-order valence-electron chi connectivity index (χ1n) is 5.88. The zero-order valence-electron chi connectivity index (χ0n) is 10.8. The highest BCUT2D eigenvalue weighted by atomic mass is 32.2. The smallest absolute Gasteiger partial charge is 0.232 e. The Morgan fingerprint density at radius 3 is 2.61 bits per heavy atom. The van der Waals surface area contributed by atoms with E-state index < -0.39 is 10.0 Å². The molecule has 18 heavy (non-hydrogen) atoms. The molecule has 0 bridgehead atoms. The lowest BCUT2D eigenvalue weighted by Gasteiger charge is -2.33. The molecule has 5 heteroatoms. The minimum absolute atomic E-state index is 0.239. The van der Waals surface area contributed by atoms with Gasteiger partial charge in [-0.05, 0) is 32.1 Å². The van der Waals surface area contributed by atoms with Gasteiger partial charge in [-0.15, -0.1) is 0 Å². The molecule has 1 aromatic rings. The fourth-order valence-corrected chi connectivity index (χ4v) is 3.41. The maximum absolute atomic E-state index is 11.9. The number of hydrogen-bond acceptors (Lipinski definition) is 3. The van der Waals surface area contributed by atoms with Crippen LogP contribution in [0.1, 0.15) is 19.4 Å². The van der Waals surface area contributed by atoms with Gasteiger partial charge in [0.25, 0.3) is 0 Å². The zero-order chi connectivity index (χ0) is 13.3. The van der Waals surface area contributed by atoms with Gasteiger partial charge in [-0.2, -0.15) is 0 Å². The molecule has 0 saturated heterocycles. The lowest BCUT2D eigenvalue weighted by Crippen LogP contribution is -2.39. The van der Waals surface area contributed by atoms with Crippen LogP contribution in [0.3, 0.4) is 0 Å². The van der Waals surface area contributed by atoms with Gasteiger partial charge in [-0.3, -0.25) is 4.31 Å². The van der Waals surface area contributed by atoms with Crippen molar-refractivity contribution < 1.29 is 13.2 Å². The number of nitrogens with zero attached hydrogens (tertiary/aromatic N) is 1. The van der Waals surface area contributed by atoms with Crippen LogP contribution in [0.25, 0.3) is 5.76 Å². The van der Waals surface area contributed by atoms with Crippen molar-refractivity contribution in [3.8, 4) is 0 Å². The van der Waals surface area contributed by atoms with E-state index in [2.05, 4.69) is 0 Å². The van der Waals surface area contributed by atoms with E-state index in [1.807, 2.05) is 38.1 Å². The van der Waals surface area contributed by atoms with E-state index in [4.69, 9.17) is 4.74 Å². The van der Waals surface area contributed by atoms with E-state index in [0.717, 1.165) is 11.3 Å². The molecule has 0 aromatic heterocycles. The summed E-state index contributed by atoms with van der Waals surface area (Å²) >= 11 is 0. The molecule has 0 radical (unpaired) electrons. The fraction of sp³-hybridized carbons (Fsp3) is 0.385. The quantitative estimate of drug-likeness (QED) is 0.843. The molecule has 0 fully saturated rings. The average molecular weight is 267 g/mol. The highest BCUT2D eigenvalue weighted by Gasteiger charge is 2.30. The standard InChI is InChI=1S/C13H17NO3S/c1-4-17-13-9-10(2)14(18(3,15)16)12-8-6-5-7-11(12)13/h5-10H,4H2,1-3H3. The van der Waals surface area contributed by atoms with Gasteiger partial charge in [0.2, 0.25) is 10.0 Å². The third-order valence-electron chi connectivity index (χ3n) is 2.83. The van der Waals surface area contributed by atoms with Gasteiger partial charge in [0.05, 0.1) is 24.6 Å². The largest absolute Gasteiger partial charge is 0.493 e. The van der Waals surface area contributed by atoms with Gasteiger partial charge >= 0.3 is 0 Å². The van der Waals surface area contributed by atoms with Crippen molar-refractivity contribution in [1.82, 2.24) is 0 Å². The van der Waals surface area contributed by atoms with Crippen LogP contribution in [0.2, 0.25) is 0 Å². The minimum atomic E-state index is -3.29. The molecule has 1 aromatic carbocycles. The molecule has 4 nitrogen and oxygen atoms in total. The molecular formula is C13H17NO3S. The van der Waals surface area contributed by atoms with Crippen LogP contribution in [-0.2, 0) is 14.8 Å². The second kappa shape index (κ2) is 4.65. The predicted octanol–water partition coefficient (Wildman–Crippen LogP) is 2.23. The second-order valence-electron chi connectivity index (χ2n) is 4.28. The van der Waals surface area contributed by atoms with Crippen molar-refractivity contribution in [3.05, 3.63) is 35.9 Å². The van der Waals surface area contributed by atoms with E-state index in [1.165, 1.54) is 10.6 Å². The predicted molar refractivity (Wildman–Crippen MR) is 72.8 cm³/mol. The Bertz CT molecular complexity index is 578. The summed E-state index contributed by atoms with van der Waals surface area (Å²) in [7, 11) is -3.29. The summed E-state index contributed by atoms with van der Waals surface area (Å²) in [5.74, 6) is 0.750. The highest BCUT2D eigenvalue weighted by molar-refractivity contribution is 7.92. The van der Waals surface area contributed by atoms with Crippen molar-refractivity contribution in [2.75, 3.05) is 17.2 Å². The molecular weight excluding hydrogens is 250 g/mol. The molecule has 1 aliphatic heterocycles. The minimum Gasteiger partial charge on any atom is -0.493 e. The third kappa shape index (κ3) is 2.22. The summed E-state index contributed by atoms with van der Waals surface area (Å²) in [5.41, 5.74) is 1.50. The Kier molecular flexibility index (Phi) is 3.34. The summed E-state index contributed by atoms with van der Waals surface area (Å²) < 4.78 is 30.8. The number of sulfonamides is 1. The molecule has 0 N–H and O–H groups in total. The first kappa shape index (κ1) is 13.0. The molecule has 1 unspecified atom stereocenters. The van der Waals surface area contributed by atoms with Crippen LogP contribution in [0, 0.1) is 0 Å². The molecule has 1 atom stereocenters. The average Bonchev–Trinajstić information content (AvgIpc) is 2.27. The summed E-state index contributed by atoms with van der Waals surface area (Å²) in [6.45, 7) is 4.32. The van der Waals surface area contributed by atoms with Crippen LogP contribution in [0.5, 0.6) is 0 Å². The van der Waals surface area contributed by atoms with Crippen molar-refractivity contribution in [2.45, 2.75) is 19.9 Å². The first-order valence-corrected chi connectivity index (χ1v) is 7.73. The van der Waals surface area contributed by atoms with Crippen LogP contribution >= 0.6 is 0 Å². The van der Waals surface area contributed by atoms with E-state index in [1.54, 1.807) is 6.07 Å². The second-order valence-corrected chi connectivity index (χ2v) is 6.14. The van der Waals surface area contributed by atoms with Crippen molar-refractivity contribution in [3.63, 3.8) is 0 Å². The highest BCUT2D eigenvalue weighted by Crippen LogP contribution is 2.35. The zero-order valence-corrected chi connectivity index (χ0v) is 11.6. The first-order chi connectivity index (χ1) is 8.45. The van der Waals surface area contributed by atoms with Crippen LogP contribution < -0.4 is 4.31 Å². The monoisotopic (exact) mass is 267 g/mol. The Morgan fingerprint density at radius 2 is 2.00 bits per heavy atom. The Balaban J connectivity index is 2.59. The molecule has 98 valence electrons. The number of ether oxygens (including phenoxy) is 1. The summed E-state index contributed by atoms with van der Waals surface area (Å²) in [6, 6.07) is 7.15. The van der Waals surface area contributed by atoms with E-state index >= 15 is 0 Å². The number of hydrogen-bond donors (Lipinski definition) is 0. The lowest BCUT2D eigenvalue weighted by atomic mass is 10.0. The molecule has 0 amide bonds. The van der Waals surface area contributed by atoms with Gasteiger partial charge in [-0.1, -0.05) is 12.1 Å². The molecule has 2 rings (SSSR count). The summed E-state index contributed by atoms with van der Waals surface area (Å²) in [6.07, 6.45) is 3.06. The maximum atomic E-state index is 11.9. The maximum Gasteiger partial charge on any atom is 0.232 e. The van der Waals surface area contributed by atoms with Crippen molar-refractivity contribution in [1.29, 1.82) is 0 Å². The Morgan fingerprint density at radius 1 is 1.33 bits per heavy atom. The van der Waals surface area contributed by atoms with Crippen molar-refractivity contribution >= 4 is 21.5 Å². The third-order valence-corrected chi connectivity index (χ3v) is 4.07. The molecule has 0 spiro atoms.